The van der Waals surface area contributed by atoms with Gasteiger partial charge in [0.05, 0.1) is 6.04 Å². The first-order valence-electron chi connectivity index (χ1n) is 14.9. The lowest BCUT2D eigenvalue weighted by Crippen LogP contribution is -2.59. The molecule has 5 amide bonds. The number of hydrogen-bond donors (Lipinski definition) is 9. The highest BCUT2D eigenvalue weighted by Gasteiger charge is 2.31. The van der Waals surface area contributed by atoms with E-state index < -0.39 is 71.8 Å². The molecule has 0 aromatic heterocycles. The van der Waals surface area contributed by atoms with E-state index in [-0.39, 0.29) is 30.4 Å². The second-order valence-electron chi connectivity index (χ2n) is 11.5. The first-order valence-corrected chi connectivity index (χ1v) is 16.9. The number of aliphatic carboxylic acids is 1. The number of nitrogens with two attached hydrogens (primary N) is 2. The van der Waals surface area contributed by atoms with E-state index in [4.69, 9.17) is 11.5 Å². The summed E-state index contributed by atoms with van der Waals surface area (Å²) in [6.07, 6.45) is 3.70. The number of carboxylic acids is 1. The molecule has 0 saturated heterocycles. The molecule has 0 aromatic carbocycles. The molecule has 6 atom stereocenters. The van der Waals surface area contributed by atoms with Crippen molar-refractivity contribution < 1.29 is 33.9 Å². The van der Waals surface area contributed by atoms with Crippen molar-refractivity contribution in [1.29, 1.82) is 0 Å². The molecule has 0 aliphatic rings. The summed E-state index contributed by atoms with van der Waals surface area (Å²) in [5.41, 5.74) is 11.6. The third-order valence-corrected chi connectivity index (χ3v) is 7.74. The number of carbonyl (C=O) groups is 6. The fraction of sp³-hybridized carbons (Fsp3) is 0.786. The van der Waals surface area contributed by atoms with Gasteiger partial charge in [0.15, 0.2) is 0 Å². The van der Waals surface area contributed by atoms with Crippen LogP contribution >= 0.6 is 24.4 Å². The molecule has 0 fully saturated rings. The van der Waals surface area contributed by atoms with E-state index in [0.717, 1.165) is 0 Å². The lowest BCUT2D eigenvalue weighted by molar-refractivity contribution is -0.141. The summed E-state index contributed by atoms with van der Waals surface area (Å²) in [4.78, 5) is 76.3. The van der Waals surface area contributed by atoms with Gasteiger partial charge in [-0.05, 0) is 69.4 Å². The molecule has 0 spiro atoms. The smallest absolute Gasteiger partial charge is 0.327 e. The van der Waals surface area contributed by atoms with Crippen molar-refractivity contribution in [1.82, 2.24) is 26.6 Å². The van der Waals surface area contributed by atoms with Crippen LogP contribution in [0.1, 0.15) is 66.7 Å². The van der Waals surface area contributed by atoms with Gasteiger partial charge in [-0.2, -0.15) is 24.4 Å². The predicted octanol–water partition coefficient (Wildman–Crippen LogP) is -0.644. The molecule has 14 nitrogen and oxygen atoms in total. The van der Waals surface area contributed by atoms with Crippen molar-refractivity contribution in [3.8, 4) is 0 Å². The van der Waals surface area contributed by atoms with Crippen molar-refractivity contribution in [2.45, 2.75) is 103 Å². The highest BCUT2D eigenvalue weighted by Crippen LogP contribution is 2.09. The Morgan fingerprint density at radius 2 is 1.23 bits per heavy atom. The minimum Gasteiger partial charge on any atom is -0.480 e. The summed E-state index contributed by atoms with van der Waals surface area (Å²) in [6.45, 7) is 9.20. The minimum absolute atomic E-state index is 0.0457. The largest absolute Gasteiger partial charge is 0.480 e. The highest BCUT2D eigenvalue weighted by molar-refractivity contribution is 7.98. The van der Waals surface area contributed by atoms with E-state index in [1.807, 2.05) is 20.1 Å². The highest BCUT2D eigenvalue weighted by atomic mass is 32.2. The molecule has 0 aromatic rings. The van der Waals surface area contributed by atoms with Gasteiger partial charge in [0, 0.05) is 5.75 Å². The zero-order chi connectivity index (χ0) is 34.0. The van der Waals surface area contributed by atoms with Gasteiger partial charge in [-0.15, -0.1) is 0 Å². The SMILES string of the molecule is CSCC[C@H](NC(=O)[C@H](C)NC(=O)[C@H](CCCCN)NC(=O)[C@H](CC(C)C)NC(=O)[C@@H](N)C(C)C)C(=O)N[C@@H](CS)C(=O)O. The van der Waals surface area contributed by atoms with Crippen LogP contribution in [0.2, 0.25) is 0 Å². The second kappa shape index (κ2) is 22.0. The molecule has 0 bridgehead atoms. The van der Waals surface area contributed by atoms with Crippen LogP contribution in [0.15, 0.2) is 0 Å². The minimum atomic E-state index is -1.26. The quantitative estimate of drug-likeness (QED) is 0.0525. The lowest BCUT2D eigenvalue weighted by atomic mass is 9.99. The Hall–Kier alpha value is -2.56. The van der Waals surface area contributed by atoms with Crippen LogP contribution in [0.5, 0.6) is 0 Å². The van der Waals surface area contributed by atoms with E-state index in [9.17, 15) is 33.9 Å². The summed E-state index contributed by atoms with van der Waals surface area (Å²) >= 11 is 5.39. The summed E-state index contributed by atoms with van der Waals surface area (Å²) in [6, 6.07) is -6.16. The van der Waals surface area contributed by atoms with Gasteiger partial charge in [-0.3, -0.25) is 24.0 Å². The number of amides is 5. The van der Waals surface area contributed by atoms with Crippen LogP contribution in [-0.2, 0) is 28.8 Å². The zero-order valence-electron chi connectivity index (χ0n) is 26.7. The van der Waals surface area contributed by atoms with Crippen molar-refractivity contribution in [2.75, 3.05) is 24.3 Å². The monoisotopic (exact) mass is 663 g/mol. The Balaban J connectivity index is 5.70. The summed E-state index contributed by atoms with van der Waals surface area (Å²) in [5, 5.41) is 22.2. The number of thiol groups is 1. The average molecular weight is 664 g/mol. The maximum atomic E-state index is 13.3. The molecule has 0 unspecified atom stereocenters. The summed E-state index contributed by atoms with van der Waals surface area (Å²) < 4.78 is 0. The fourth-order valence-electron chi connectivity index (χ4n) is 3.95. The molecule has 10 N–H and O–H groups in total. The third-order valence-electron chi connectivity index (χ3n) is 6.73. The molecule has 0 aliphatic heterocycles. The number of rotatable bonds is 22. The molecule has 0 radical (unpaired) electrons. The normalized spacial score (nSPS) is 15.3. The first kappa shape index (κ1) is 41.4. The van der Waals surface area contributed by atoms with Gasteiger partial charge in [0.25, 0.3) is 0 Å². The van der Waals surface area contributed by atoms with Crippen LogP contribution in [0, 0.1) is 11.8 Å². The van der Waals surface area contributed by atoms with Gasteiger partial charge in [0.2, 0.25) is 29.5 Å². The van der Waals surface area contributed by atoms with Crippen molar-refractivity contribution in [3.05, 3.63) is 0 Å². The van der Waals surface area contributed by atoms with Crippen LogP contribution in [0.25, 0.3) is 0 Å². The summed E-state index contributed by atoms with van der Waals surface area (Å²) in [5.74, 6) is -4.01. The summed E-state index contributed by atoms with van der Waals surface area (Å²) in [7, 11) is 0. The van der Waals surface area contributed by atoms with E-state index in [0.29, 0.717) is 31.6 Å². The van der Waals surface area contributed by atoms with E-state index in [1.165, 1.54) is 18.7 Å². The molecular formula is C28H53N7O7S2. The maximum Gasteiger partial charge on any atom is 0.327 e. The number of hydrogen-bond acceptors (Lipinski definition) is 10. The van der Waals surface area contributed by atoms with Crippen LogP contribution in [-0.4, -0.2) is 101 Å². The molecular weight excluding hydrogens is 610 g/mol. The number of unbranched alkanes of at least 4 members (excludes halogenated alkanes) is 1. The number of carboxylic acid groups (broad SMARTS) is 1. The molecule has 0 heterocycles. The van der Waals surface area contributed by atoms with Gasteiger partial charge in [-0.1, -0.05) is 27.7 Å². The van der Waals surface area contributed by atoms with Crippen molar-refractivity contribution >= 4 is 59.9 Å². The Morgan fingerprint density at radius 3 is 1.73 bits per heavy atom. The van der Waals surface area contributed by atoms with Crippen molar-refractivity contribution in [2.24, 2.45) is 23.3 Å². The maximum absolute atomic E-state index is 13.3. The van der Waals surface area contributed by atoms with E-state index in [1.54, 1.807) is 13.8 Å². The van der Waals surface area contributed by atoms with E-state index >= 15 is 0 Å². The van der Waals surface area contributed by atoms with Crippen LogP contribution in [0.4, 0.5) is 0 Å². The molecule has 44 heavy (non-hydrogen) atoms. The van der Waals surface area contributed by atoms with Gasteiger partial charge < -0.3 is 43.2 Å². The van der Waals surface area contributed by atoms with Gasteiger partial charge in [-0.25, -0.2) is 4.79 Å². The number of thioether (sulfide) groups is 1. The fourth-order valence-corrected chi connectivity index (χ4v) is 4.66. The predicted molar refractivity (Wildman–Crippen MR) is 175 cm³/mol. The van der Waals surface area contributed by atoms with Gasteiger partial charge >= 0.3 is 5.97 Å². The topological polar surface area (TPSA) is 235 Å². The molecule has 254 valence electrons. The Morgan fingerprint density at radius 1 is 0.727 bits per heavy atom. The lowest BCUT2D eigenvalue weighted by Gasteiger charge is -2.27. The van der Waals surface area contributed by atoms with Crippen LogP contribution < -0.4 is 38.1 Å². The molecule has 0 aliphatic carbocycles. The average Bonchev–Trinajstić information content (AvgIpc) is 2.95. The van der Waals surface area contributed by atoms with Crippen molar-refractivity contribution in [3.63, 3.8) is 0 Å². The van der Waals surface area contributed by atoms with Gasteiger partial charge in [0.1, 0.15) is 30.2 Å². The number of carbonyl (C=O) groups excluding carboxylic acids is 5. The number of nitrogens with one attached hydrogen (secondary N) is 5. The Bertz CT molecular complexity index is 955. The Kier molecular flexibility index (Phi) is 20.7. The van der Waals surface area contributed by atoms with Crippen LogP contribution in [0.3, 0.4) is 0 Å². The third kappa shape index (κ3) is 16.0. The first-order chi connectivity index (χ1) is 20.6. The zero-order valence-corrected chi connectivity index (χ0v) is 28.4. The molecule has 0 saturated carbocycles. The van der Waals surface area contributed by atoms with E-state index in [2.05, 4.69) is 39.2 Å². The Labute approximate surface area is 270 Å². The second-order valence-corrected chi connectivity index (χ2v) is 12.8. The standard InChI is InChI=1S/C28H53N7O7S2/c1-15(2)13-20(34-27(40)22(30)16(3)4)26(39)33-18(9-7-8-11-29)24(37)31-17(5)23(36)32-19(10-12-44-6)25(38)35-21(14-43)28(41)42/h15-22,43H,7-14,29-30H2,1-6H3,(H,31,37)(H,32,36)(H,33,39)(H,34,40)(H,35,38)(H,41,42)/t17-,18-,19-,20-,21-,22-/m0/s1. The molecule has 0 rings (SSSR count). The molecule has 16 heteroatoms.